The highest BCUT2D eigenvalue weighted by Gasteiger charge is 2.38. The van der Waals surface area contributed by atoms with Gasteiger partial charge in [-0.25, -0.2) is 26.3 Å². The van der Waals surface area contributed by atoms with Crippen LogP contribution in [-0.2, 0) is 19.6 Å². The van der Waals surface area contributed by atoms with Gasteiger partial charge >= 0.3 is 0 Å². The molecule has 2 aromatic carbocycles. The molecule has 13 heteroatoms. The Bertz CT molecular complexity index is 1230. The van der Waals surface area contributed by atoms with Gasteiger partial charge in [0, 0.05) is 29.9 Å². The van der Waals surface area contributed by atoms with E-state index >= 15 is 4.39 Å². The van der Waals surface area contributed by atoms with Crippen LogP contribution in [0.3, 0.4) is 0 Å². The van der Waals surface area contributed by atoms with Crippen molar-refractivity contribution in [2.75, 3.05) is 33.0 Å². The molecule has 1 N–H and O–H groups in total. The number of carbonyl (C=O) groups is 1. The summed E-state index contributed by atoms with van der Waals surface area (Å²) in [4.78, 5) is 14.2. The van der Waals surface area contributed by atoms with E-state index in [0.29, 0.717) is 32.4 Å². The number of benzene rings is 2. The third kappa shape index (κ3) is 8.01. The van der Waals surface area contributed by atoms with Crippen LogP contribution in [0.25, 0.3) is 0 Å². The summed E-state index contributed by atoms with van der Waals surface area (Å²) in [6.45, 7) is 2.39. The van der Waals surface area contributed by atoms with Crippen LogP contribution in [0.2, 0.25) is 5.02 Å². The lowest BCUT2D eigenvalue weighted by molar-refractivity contribution is -0.148. The zero-order valence-electron chi connectivity index (χ0n) is 21.2. The smallest absolute Gasteiger partial charge is 0.265 e. The summed E-state index contributed by atoms with van der Waals surface area (Å²) >= 11 is 7.30. The number of rotatable bonds is 11. The highest BCUT2D eigenvalue weighted by atomic mass is 35.5. The first-order chi connectivity index (χ1) is 17.8. The fourth-order valence-electron chi connectivity index (χ4n) is 3.73. The number of nitrogens with one attached hydrogen (secondary N) is 1. The van der Waals surface area contributed by atoms with Gasteiger partial charge < -0.3 is 14.4 Å². The van der Waals surface area contributed by atoms with E-state index < -0.39 is 50.0 Å². The predicted molar refractivity (Wildman–Crippen MR) is 140 cm³/mol. The SMILES string of the molecule is CN(C)CC[C@H](CSc1ccc(F)cc1F)Oc1c(F)cc(S(=O)(=O)NC(=O)[C@@]2(C)CCCCO2)cc1Cl. The van der Waals surface area contributed by atoms with E-state index in [0.717, 1.165) is 42.4 Å². The maximum atomic E-state index is 15.1. The molecule has 3 rings (SSSR count). The van der Waals surface area contributed by atoms with Gasteiger partial charge in [-0.05, 0) is 71.0 Å². The van der Waals surface area contributed by atoms with Crippen molar-refractivity contribution in [1.82, 2.24) is 9.62 Å². The van der Waals surface area contributed by atoms with E-state index in [4.69, 9.17) is 21.1 Å². The number of carbonyl (C=O) groups excluding carboxylic acids is 1. The second-order valence-corrected chi connectivity index (χ2v) is 12.6. The van der Waals surface area contributed by atoms with Crippen LogP contribution in [0.1, 0.15) is 32.6 Å². The largest absolute Gasteiger partial charge is 0.485 e. The van der Waals surface area contributed by atoms with Crippen LogP contribution in [-0.4, -0.2) is 63.9 Å². The van der Waals surface area contributed by atoms with E-state index in [2.05, 4.69) is 0 Å². The fraction of sp³-hybridized carbons (Fsp3) is 0.480. The number of amides is 1. The number of nitrogens with zero attached hydrogens (tertiary/aromatic N) is 1. The number of halogens is 4. The van der Waals surface area contributed by atoms with Crippen molar-refractivity contribution < 1.29 is 35.9 Å². The minimum atomic E-state index is -4.46. The summed E-state index contributed by atoms with van der Waals surface area (Å²) in [5.41, 5.74) is -1.31. The van der Waals surface area contributed by atoms with Crippen molar-refractivity contribution >= 4 is 39.3 Å². The molecule has 2 atom stereocenters. The van der Waals surface area contributed by atoms with Crippen LogP contribution < -0.4 is 9.46 Å². The number of thioether (sulfide) groups is 1. The Hall–Kier alpha value is -1.99. The topological polar surface area (TPSA) is 84.9 Å². The Morgan fingerprint density at radius 2 is 1.95 bits per heavy atom. The first-order valence-corrected chi connectivity index (χ1v) is 14.7. The molecule has 1 saturated heterocycles. The molecule has 1 amide bonds. The average Bonchev–Trinajstić information content (AvgIpc) is 2.83. The number of sulfonamides is 1. The molecule has 0 aliphatic carbocycles. The second kappa shape index (κ2) is 12.9. The quantitative estimate of drug-likeness (QED) is 0.366. The summed E-state index contributed by atoms with van der Waals surface area (Å²) < 4.78 is 81.3. The van der Waals surface area contributed by atoms with Gasteiger partial charge in [-0.15, -0.1) is 11.8 Å². The molecule has 1 aliphatic rings. The third-order valence-corrected chi connectivity index (χ3v) is 8.73. The molecular formula is C25H30ClF3N2O5S2. The molecule has 0 bridgehead atoms. The monoisotopic (exact) mass is 594 g/mol. The van der Waals surface area contributed by atoms with Gasteiger partial charge in [0.25, 0.3) is 15.9 Å². The van der Waals surface area contributed by atoms with Crippen molar-refractivity contribution in [3.63, 3.8) is 0 Å². The molecule has 0 radical (unpaired) electrons. The summed E-state index contributed by atoms with van der Waals surface area (Å²) in [5, 5.41) is -0.314. The Balaban J connectivity index is 1.77. The van der Waals surface area contributed by atoms with Crippen molar-refractivity contribution in [1.29, 1.82) is 0 Å². The Morgan fingerprint density at radius 3 is 2.55 bits per heavy atom. The number of hydrogen-bond acceptors (Lipinski definition) is 7. The molecule has 0 aromatic heterocycles. The lowest BCUT2D eigenvalue weighted by atomic mass is 9.95. The Kier molecular flexibility index (Phi) is 10.4. The normalized spacial score (nSPS) is 18.8. The van der Waals surface area contributed by atoms with Crippen molar-refractivity contribution in [2.24, 2.45) is 0 Å². The second-order valence-electron chi connectivity index (χ2n) is 9.40. The minimum absolute atomic E-state index is 0.181. The molecule has 0 unspecified atom stereocenters. The lowest BCUT2D eigenvalue weighted by Crippen LogP contribution is -2.50. The molecule has 0 spiro atoms. The van der Waals surface area contributed by atoms with Crippen LogP contribution in [0.15, 0.2) is 40.1 Å². The zero-order valence-corrected chi connectivity index (χ0v) is 23.6. The lowest BCUT2D eigenvalue weighted by Gasteiger charge is -2.32. The van der Waals surface area contributed by atoms with Gasteiger partial charge in [0.05, 0.1) is 9.92 Å². The minimum Gasteiger partial charge on any atom is -0.485 e. The molecule has 1 heterocycles. The molecule has 210 valence electrons. The summed E-state index contributed by atoms with van der Waals surface area (Å²) in [6, 6.07) is 4.92. The molecule has 38 heavy (non-hydrogen) atoms. The highest BCUT2D eigenvalue weighted by Crippen LogP contribution is 2.34. The van der Waals surface area contributed by atoms with E-state index in [1.54, 1.807) is 0 Å². The fourth-order valence-corrected chi connectivity index (χ4v) is 6.11. The van der Waals surface area contributed by atoms with Gasteiger partial charge in [-0.2, -0.15) is 0 Å². The van der Waals surface area contributed by atoms with Gasteiger partial charge in [-0.3, -0.25) is 4.79 Å². The van der Waals surface area contributed by atoms with Crippen molar-refractivity contribution in [2.45, 2.75) is 54.1 Å². The van der Waals surface area contributed by atoms with Gasteiger partial charge in [0.2, 0.25) is 0 Å². The number of hydrogen-bond donors (Lipinski definition) is 1. The maximum Gasteiger partial charge on any atom is 0.265 e. The zero-order chi connectivity index (χ0) is 28.1. The standard InChI is InChI=1S/C25H30ClF3N2O5S2/c1-25(9-4-5-11-35-25)24(32)30-38(33,34)18-13-19(26)23(21(29)14-18)36-17(8-10-31(2)3)15-37-22-7-6-16(27)12-20(22)28/h6-7,12-14,17H,4-5,8-11,15H2,1-3H3,(H,30,32)/t17-,25-/m1/s1. The molecule has 0 saturated carbocycles. The Labute approximate surface area is 230 Å². The molecule has 7 nitrogen and oxygen atoms in total. The van der Waals surface area contributed by atoms with Crippen LogP contribution in [0.4, 0.5) is 13.2 Å². The molecule has 1 fully saturated rings. The average molecular weight is 595 g/mol. The van der Waals surface area contributed by atoms with Gasteiger partial charge in [0.15, 0.2) is 11.6 Å². The first kappa shape index (κ1) is 30.6. The van der Waals surface area contributed by atoms with E-state index in [-0.39, 0.29) is 21.4 Å². The molecule has 2 aromatic rings. The Morgan fingerprint density at radius 1 is 1.21 bits per heavy atom. The summed E-state index contributed by atoms with van der Waals surface area (Å²) in [6.07, 6.45) is 1.59. The van der Waals surface area contributed by atoms with E-state index in [9.17, 15) is 22.0 Å². The summed E-state index contributed by atoms with van der Waals surface area (Å²) in [7, 11) is -0.781. The highest BCUT2D eigenvalue weighted by molar-refractivity contribution is 7.99. The van der Waals surface area contributed by atoms with Crippen LogP contribution in [0, 0.1) is 17.5 Å². The van der Waals surface area contributed by atoms with Gasteiger partial charge in [0.1, 0.15) is 23.3 Å². The molecule has 1 aliphatic heterocycles. The van der Waals surface area contributed by atoms with E-state index in [1.807, 2.05) is 23.7 Å². The van der Waals surface area contributed by atoms with Crippen LogP contribution in [0.5, 0.6) is 5.75 Å². The molecular weight excluding hydrogens is 565 g/mol. The van der Waals surface area contributed by atoms with Crippen molar-refractivity contribution in [3.05, 3.63) is 52.8 Å². The van der Waals surface area contributed by atoms with Crippen molar-refractivity contribution in [3.8, 4) is 5.75 Å². The third-order valence-electron chi connectivity index (χ3n) is 5.96. The van der Waals surface area contributed by atoms with Gasteiger partial charge in [-0.1, -0.05) is 11.6 Å². The summed E-state index contributed by atoms with van der Waals surface area (Å²) in [5.74, 6) is -3.51. The van der Waals surface area contributed by atoms with E-state index in [1.165, 1.54) is 13.0 Å². The predicted octanol–water partition coefficient (Wildman–Crippen LogP) is 5.01. The van der Waals surface area contributed by atoms with Crippen LogP contribution >= 0.6 is 23.4 Å². The maximum absolute atomic E-state index is 15.1. The first-order valence-electron chi connectivity index (χ1n) is 11.9. The number of ether oxygens (including phenoxy) is 2.